The molecule has 1 atom stereocenters. The van der Waals surface area contributed by atoms with Crippen molar-refractivity contribution >= 4 is 29.1 Å². The van der Waals surface area contributed by atoms with Gasteiger partial charge in [-0.1, -0.05) is 11.6 Å². The van der Waals surface area contributed by atoms with Crippen LogP contribution in [-0.4, -0.2) is 37.4 Å². The average Bonchev–Trinajstić information content (AvgIpc) is 3.23. The fraction of sp³-hybridized carbons (Fsp3) is 0.333. The van der Waals surface area contributed by atoms with Crippen molar-refractivity contribution in [2.45, 2.75) is 13.0 Å². The van der Waals surface area contributed by atoms with Crippen LogP contribution in [0, 0.1) is 5.92 Å². The summed E-state index contributed by atoms with van der Waals surface area (Å²) in [7, 11) is 3.24. The van der Waals surface area contributed by atoms with Gasteiger partial charge in [-0.15, -0.1) is 0 Å². The van der Waals surface area contributed by atoms with Crippen molar-refractivity contribution in [2.75, 3.05) is 25.6 Å². The molecule has 2 heterocycles. The summed E-state index contributed by atoms with van der Waals surface area (Å²) in [5.74, 6) is 0.637. The van der Waals surface area contributed by atoms with E-state index in [1.807, 2.05) is 6.07 Å². The van der Waals surface area contributed by atoms with Gasteiger partial charge in [0.1, 0.15) is 11.5 Å². The molecule has 1 aromatic carbocycles. The molecule has 3 rings (SSSR count). The van der Waals surface area contributed by atoms with Crippen molar-refractivity contribution in [3.05, 3.63) is 47.4 Å². The molecule has 1 aliphatic rings. The Bertz CT molecular complexity index is 775. The summed E-state index contributed by atoms with van der Waals surface area (Å²) in [6, 6.07) is 8.68. The minimum absolute atomic E-state index is 0.0896. The Morgan fingerprint density at radius 3 is 2.92 bits per heavy atom. The highest BCUT2D eigenvalue weighted by atomic mass is 35.5. The lowest BCUT2D eigenvalue weighted by atomic mass is 10.1. The van der Waals surface area contributed by atoms with Crippen LogP contribution in [-0.2, 0) is 16.1 Å². The van der Waals surface area contributed by atoms with Gasteiger partial charge in [-0.25, -0.2) is 0 Å². The van der Waals surface area contributed by atoms with Gasteiger partial charge in [-0.3, -0.25) is 9.59 Å². The topological polar surface area (TPSA) is 63.0 Å². The highest BCUT2D eigenvalue weighted by Crippen LogP contribution is 2.35. The Kier molecular flexibility index (Phi) is 4.99. The van der Waals surface area contributed by atoms with Crippen molar-refractivity contribution in [1.82, 2.24) is 4.90 Å². The second-order valence-corrected chi connectivity index (χ2v) is 6.43. The number of hydrogen-bond acceptors (Lipinski definition) is 4. The standard InChI is InChI=1S/C18H19ClN2O4/c1-20(11-14-4-3-7-25-14)18(23)12-8-17(22)21(10-12)15-9-13(19)5-6-16(15)24-2/h3-7,9,12H,8,10-11H2,1-2H3/t12-/m1/s1. The molecular weight excluding hydrogens is 344 g/mol. The number of carbonyl (C=O) groups excluding carboxylic acids is 2. The molecule has 0 unspecified atom stereocenters. The summed E-state index contributed by atoms with van der Waals surface area (Å²) >= 11 is 6.05. The van der Waals surface area contributed by atoms with Gasteiger partial charge < -0.3 is 19.0 Å². The molecule has 0 N–H and O–H groups in total. The Morgan fingerprint density at radius 1 is 1.44 bits per heavy atom. The number of anilines is 1. The first-order valence-corrected chi connectivity index (χ1v) is 8.28. The van der Waals surface area contributed by atoms with Crippen LogP contribution in [0.25, 0.3) is 0 Å². The lowest BCUT2D eigenvalue weighted by Gasteiger charge is -2.22. The average molecular weight is 363 g/mol. The second-order valence-electron chi connectivity index (χ2n) is 6.00. The highest BCUT2D eigenvalue weighted by molar-refractivity contribution is 6.31. The first-order chi connectivity index (χ1) is 12.0. The van der Waals surface area contributed by atoms with E-state index < -0.39 is 5.92 Å². The fourth-order valence-corrected chi connectivity index (χ4v) is 3.17. The van der Waals surface area contributed by atoms with E-state index in [4.69, 9.17) is 20.8 Å². The number of rotatable bonds is 5. The van der Waals surface area contributed by atoms with Gasteiger partial charge in [-0.2, -0.15) is 0 Å². The van der Waals surface area contributed by atoms with Crippen LogP contribution >= 0.6 is 11.6 Å². The summed E-state index contributed by atoms with van der Waals surface area (Å²) in [6.45, 7) is 0.674. The van der Waals surface area contributed by atoms with Gasteiger partial charge in [0.25, 0.3) is 0 Å². The quantitative estimate of drug-likeness (QED) is 0.820. The highest BCUT2D eigenvalue weighted by Gasteiger charge is 2.37. The zero-order chi connectivity index (χ0) is 18.0. The van der Waals surface area contributed by atoms with Crippen LogP contribution in [0.2, 0.25) is 5.02 Å². The maximum absolute atomic E-state index is 12.7. The van der Waals surface area contributed by atoms with E-state index >= 15 is 0 Å². The van der Waals surface area contributed by atoms with E-state index in [0.29, 0.717) is 35.3 Å². The third-order valence-electron chi connectivity index (χ3n) is 4.26. The number of nitrogens with zero attached hydrogens (tertiary/aromatic N) is 2. The zero-order valence-electron chi connectivity index (χ0n) is 14.1. The van der Waals surface area contributed by atoms with E-state index in [-0.39, 0.29) is 18.2 Å². The van der Waals surface area contributed by atoms with Gasteiger partial charge in [0.2, 0.25) is 11.8 Å². The largest absolute Gasteiger partial charge is 0.495 e. The molecule has 2 aromatic rings. The Hall–Kier alpha value is -2.47. The molecule has 0 spiro atoms. The molecule has 25 heavy (non-hydrogen) atoms. The number of methoxy groups -OCH3 is 1. The Morgan fingerprint density at radius 2 is 2.24 bits per heavy atom. The maximum atomic E-state index is 12.7. The number of furan rings is 1. The minimum atomic E-state index is -0.406. The number of halogens is 1. The van der Waals surface area contributed by atoms with E-state index in [0.717, 1.165) is 0 Å². The molecule has 0 bridgehead atoms. The Balaban J connectivity index is 1.74. The molecule has 6 nitrogen and oxygen atoms in total. The van der Waals surface area contributed by atoms with Crippen molar-refractivity contribution in [1.29, 1.82) is 0 Å². The third kappa shape index (κ3) is 3.64. The number of carbonyl (C=O) groups is 2. The summed E-state index contributed by atoms with van der Waals surface area (Å²) in [5, 5.41) is 0.508. The zero-order valence-corrected chi connectivity index (χ0v) is 14.8. The minimum Gasteiger partial charge on any atom is -0.495 e. The molecule has 1 fully saturated rings. The molecule has 2 amide bonds. The first-order valence-electron chi connectivity index (χ1n) is 7.91. The monoisotopic (exact) mass is 362 g/mol. The number of amides is 2. The van der Waals surface area contributed by atoms with Crippen molar-refractivity contribution in [3.63, 3.8) is 0 Å². The summed E-state index contributed by atoms with van der Waals surface area (Å²) in [4.78, 5) is 28.3. The predicted octanol–water partition coefficient (Wildman–Crippen LogP) is 2.95. The first kappa shape index (κ1) is 17.4. The van der Waals surface area contributed by atoms with Crippen LogP contribution in [0.5, 0.6) is 5.75 Å². The smallest absolute Gasteiger partial charge is 0.228 e. The molecule has 1 aliphatic heterocycles. The lowest BCUT2D eigenvalue weighted by molar-refractivity contribution is -0.135. The van der Waals surface area contributed by atoms with Crippen molar-refractivity contribution in [3.8, 4) is 5.75 Å². The maximum Gasteiger partial charge on any atom is 0.228 e. The molecule has 0 radical (unpaired) electrons. The number of hydrogen-bond donors (Lipinski definition) is 0. The van der Waals surface area contributed by atoms with Gasteiger partial charge in [0.05, 0.1) is 31.5 Å². The second kappa shape index (κ2) is 7.19. The van der Waals surface area contributed by atoms with Crippen LogP contribution < -0.4 is 9.64 Å². The molecule has 132 valence electrons. The lowest BCUT2D eigenvalue weighted by Crippen LogP contribution is -2.34. The van der Waals surface area contributed by atoms with E-state index in [2.05, 4.69) is 0 Å². The summed E-state index contributed by atoms with van der Waals surface area (Å²) in [5.41, 5.74) is 0.587. The van der Waals surface area contributed by atoms with Gasteiger partial charge in [0, 0.05) is 25.0 Å². The van der Waals surface area contributed by atoms with Crippen LogP contribution in [0.3, 0.4) is 0 Å². The predicted molar refractivity (Wildman–Crippen MR) is 93.6 cm³/mol. The van der Waals surface area contributed by atoms with Gasteiger partial charge in [-0.05, 0) is 30.3 Å². The van der Waals surface area contributed by atoms with Crippen molar-refractivity contribution in [2.24, 2.45) is 5.92 Å². The van der Waals surface area contributed by atoms with Gasteiger partial charge >= 0.3 is 0 Å². The number of benzene rings is 1. The van der Waals surface area contributed by atoms with Gasteiger partial charge in [0.15, 0.2) is 0 Å². The molecule has 1 aromatic heterocycles. The molecule has 0 aliphatic carbocycles. The summed E-state index contributed by atoms with van der Waals surface area (Å²) in [6.07, 6.45) is 1.73. The van der Waals surface area contributed by atoms with Crippen molar-refractivity contribution < 1.29 is 18.7 Å². The molecule has 1 saturated heterocycles. The van der Waals surface area contributed by atoms with E-state index in [1.54, 1.807) is 47.4 Å². The van der Waals surface area contributed by atoms with E-state index in [1.165, 1.54) is 7.11 Å². The van der Waals surface area contributed by atoms with E-state index in [9.17, 15) is 9.59 Å². The van der Waals surface area contributed by atoms with Crippen LogP contribution in [0.15, 0.2) is 41.0 Å². The van der Waals surface area contributed by atoms with Crippen LogP contribution in [0.4, 0.5) is 5.69 Å². The summed E-state index contributed by atoms with van der Waals surface area (Å²) < 4.78 is 10.6. The Labute approximate surface area is 150 Å². The third-order valence-corrected chi connectivity index (χ3v) is 4.49. The fourth-order valence-electron chi connectivity index (χ4n) is 3.01. The molecule has 7 heteroatoms. The normalized spacial score (nSPS) is 17.0. The SMILES string of the molecule is COc1ccc(Cl)cc1N1C[C@H](C(=O)N(C)Cc2ccco2)CC1=O. The number of ether oxygens (including phenoxy) is 1. The molecule has 0 saturated carbocycles. The van der Waals surface area contributed by atoms with Crippen LogP contribution in [0.1, 0.15) is 12.2 Å². The molecular formula is C18H19ClN2O4.